The van der Waals surface area contributed by atoms with Gasteiger partial charge in [-0.15, -0.1) is 0 Å². The third-order valence-electron chi connectivity index (χ3n) is 2.39. The van der Waals surface area contributed by atoms with Crippen molar-refractivity contribution >= 4 is 23.5 Å². The minimum absolute atomic E-state index is 0.494. The minimum atomic E-state index is 0.494. The first-order chi connectivity index (χ1) is 8.63. The quantitative estimate of drug-likeness (QED) is 0.368. The molecule has 1 aromatic rings. The van der Waals surface area contributed by atoms with Crippen LogP contribution in [0.5, 0.6) is 0 Å². The van der Waals surface area contributed by atoms with Crippen LogP contribution in [-0.2, 0) is 4.74 Å². The fourth-order valence-electron chi connectivity index (χ4n) is 1.44. The number of aryl methyl sites for hydroxylation is 2. The molecule has 0 aromatic heterocycles. The van der Waals surface area contributed by atoms with Crippen molar-refractivity contribution in [1.82, 2.24) is 10.7 Å². The summed E-state index contributed by atoms with van der Waals surface area (Å²) in [6.07, 6.45) is 1.76. The first-order valence-electron chi connectivity index (χ1n) is 5.76. The molecule has 0 aliphatic rings. The monoisotopic (exact) mass is 265 g/mol. The third-order valence-corrected chi connectivity index (χ3v) is 2.62. The van der Waals surface area contributed by atoms with Gasteiger partial charge >= 0.3 is 0 Å². The van der Waals surface area contributed by atoms with Crippen LogP contribution >= 0.6 is 12.2 Å². The van der Waals surface area contributed by atoms with Gasteiger partial charge < -0.3 is 10.1 Å². The molecule has 0 unspecified atom stereocenters. The van der Waals surface area contributed by atoms with Crippen LogP contribution in [0.25, 0.3) is 0 Å². The van der Waals surface area contributed by atoms with E-state index >= 15 is 0 Å². The number of hydrogen-bond donors (Lipinski definition) is 2. The number of thiocarbonyl (C=S) groups is 1. The van der Waals surface area contributed by atoms with Crippen LogP contribution in [0.1, 0.15) is 16.7 Å². The van der Waals surface area contributed by atoms with E-state index in [0.29, 0.717) is 18.3 Å². The topological polar surface area (TPSA) is 45.6 Å². The summed E-state index contributed by atoms with van der Waals surface area (Å²) >= 11 is 5.04. The molecule has 5 heteroatoms. The maximum absolute atomic E-state index is 5.04. The summed E-state index contributed by atoms with van der Waals surface area (Å²) in [6.45, 7) is 5.41. The lowest BCUT2D eigenvalue weighted by Gasteiger charge is -2.06. The largest absolute Gasteiger partial charge is 0.383 e. The van der Waals surface area contributed by atoms with Crippen molar-refractivity contribution in [3.05, 3.63) is 34.9 Å². The van der Waals surface area contributed by atoms with Crippen LogP contribution in [-0.4, -0.2) is 31.6 Å². The lowest BCUT2D eigenvalue weighted by molar-refractivity contribution is 0.204. The Morgan fingerprint density at radius 2 is 2.22 bits per heavy atom. The molecule has 98 valence electrons. The Morgan fingerprint density at radius 3 is 2.89 bits per heavy atom. The van der Waals surface area contributed by atoms with E-state index in [1.165, 1.54) is 11.1 Å². The maximum atomic E-state index is 5.04. The van der Waals surface area contributed by atoms with E-state index in [-0.39, 0.29) is 0 Å². The van der Waals surface area contributed by atoms with Gasteiger partial charge in [-0.25, -0.2) is 0 Å². The molecule has 0 bridgehead atoms. The molecular weight excluding hydrogens is 246 g/mol. The molecule has 0 fully saturated rings. The van der Waals surface area contributed by atoms with Gasteiger partial charge in [-0.2, -0.15) is 5.10 Å². The molecule has 0 spiro atoms. The molecule has 18 heavy (non-hydrogen) atoms. The molecule has 0 aliphatic heterocycles. The smallest absolute Gasteiger partial charge is 0.187 e. The van der Waals surface area contributed by atoms with Crippen LogP contribution in [0.2, 0.25) is 0 Å². The average Bonchev–Trinajstić information content (AvgIpc) is 2.32. The SMILES string of the molecule is COCCNC(=S)NN=Cc1ccc(C)cc1C. The lowest BCUT2D eigenvalue weighted by Crippen LogP contribution is -2.34. The summed E-state index contributed by atoms with van der Waals surface area (Å²) in [7, 11) is 1.65. The van der Waals surface area contributed by atoms with Gasteiger partial charge in [-0.1, -0.05) is 23.8 Å². The van der Waals surface area contributed by atoms with Gasteiger partial charge in [0.25, 0.3) is 0 Å². The molecule has 2 N–H and O–H groups in total. The highest BCUT2D eigenvalue weighted by Crippen LogP contribution is 2.07. The Labute approximate surface area is 113 Å². The Bertz CT molecular complexity index is 432. The predicted molar refractivity (Wildman–Crippen MR) is 79.1 cm³/mol. The van der Waals surface area contributed by atoms with E-state index in [0.717, 1.165) is 5.56 Å². The van der Waals surface area contributed by atoms with E-state index in [1.807, 2.05) is 6.07 Å². The maximum Gasteiger partial charge on any atom is 0.187 e. The van der Waals surface area contributed by atoms with Crippen molar-refractivity contribution in [3.8, 4) is 0 Å². The van der Waals surface area contributed by atoms with Crippen molar-refractivity contribution in [3.63, 3.8) is 0 Å². The van der Waals surface area contributed by atoms with E-state index in [4.69, 9.17) is 17.0 Å². The van der Waals surface area contributed by atoms with Crippen LogP contribution in [0.15, 0.2) is 23.3 Å². The number of nitrogens with one attached hydrogen (secondary N) is 2. The zero-order valence-corrected chi connectivity index (χ0v) is 11.8. The van der Waals surface area contributed by atoms with E-state index < -0.39 is 0 Å². The fourth-order valence-corrected chi connectivity index (χ4v) is 1.59. The predicted octanol–water partition coefficient (Wildman–Crippen LogP) is 1.75. The highest BCUT2D eigenvalue weighted by Gasteiger charge is 1.95. The van der Waals surface area contributed by atoms with Gasteiger partial charge in [0, 0.05) is 13.7 Å². The first kappa shape index (κ1) is 14.6. The number of benzene rings is 1. The molecule has 4 nitrogen and oxygen atoms in total. The zero-order chi connectivity index (χ0) is 13.4. The van der Waals surface area contributed by atoms with Crippen molar-refractivity contribution in [2.24, 2.45) is 5.10 Å². The Kier molecular flexibility index (Phi) is 6.32. The highest BCUT2D eigenvalue weighted by molar-refractivity contribution is 7.80. The molecule has 0 aliphatic carbocycles. The molecule has 0 saturated carbocycles. The Hall–Kier alpha value is -1.46. The summed E-state index contributed by atoms with van der Waals surface area (Å²) in [5.74, 6) is 0. The molecule has 0 amide bonds. The Balaban J connectivity index is 2.42. The fraction of sp³-hybridized carbons (Fsp3) is 0.385. The summed E-state index contributed by atoms with van der Waals surface area (Å²) in [5.41, 5.74) is 6.28. The minimum Gasteiger partial charge on any atom is -0.383 e. The van der Waals surface area contributed by atoms with Crippen LogP contribution in [0, 0.1) is 13.8 Å². The second-order valence-corrected chi connectivity index (χ2v) is 4.39. The van der Waals surface area contributed by atoms with Gasteiger partial charge in [0.1, 0.15) is 0 Å². The molecule has 1 aromatic carbocycles. The number of methoxy groups -OCH3 is 1. The number of hydrazone groups is 1. The van der Waals surface area contributed by atoms with Gasteiger partial charge in [0.15, 0.2) is 5.11 Å². The van der Waals surface area contributed by atoms with Gasteiger partial charge in [0.05, 0.1) is 12.8 Å². The Morgan fingerprint density at radius 1 is 1.44 bits per heavy atom. The van der Waals surface area contributed by atoms with Crippen LogP contribution in [0.4, 0.5) is 0 Å². The van der Waals surface area contributed by atoms with Gasteiger partial charge in [0.2, 0.25) is 0 Å². The lowest BCUT2D eigenvalue weighted by atomic mass is 10.1. The van der Waals surface area contributed by atoms with Crippen LogP contribution in [0.3, 0.4) is 0 Å². The summed E-state index contributed by atoms with van der Waals surface area (Å²) in [6, 6.07) is 6.22. The molecule has 0 heterocycles. The van der Waals surface area contributed by atoms with E-state index in [9.17, 15) is 0 Å². The second-order valence-electron chi connectivity index (χ2n) is 3.98. The molecule has 0 radical (unpaired) electrons. The highest BCUT2D eigenvalue weighted by atomic mass is 32.1. The number of rotatable bonds is 5. The summed E-state index contributed by atoms with van der Waals surface area (Å²) in [4.78, 5) is 0. The van der Waals surface area contributed by atoms with Crippen molar-refractivity contribution in [1.29, 1.82) is 0 Å². The van der Waals surface area contributed by atoms with Crippen LogP contribution < -0.4 is 10.7 Å². The van der Waals surface area contributed by atoms with Gasteiger partial charge in [-0.3, -0.25) is 5.43 Å². The summed E-state index contributed by atoms with van der Waals surface area (Å²) in [5, 5.41) is 7.56. The number of hydrogen-bond acceptors (Lipinski definition) is 3. The summed E-state index contributed by atoms with van der Waals surface area (Å²) < 4.78 is 4.90. The van der Waals surface area contributed by atoms with E-state index in [1.54, 1.807) is 13.3 Å². The van der Waals surface area contributed by atoms with Crippen molar-refractivity contribution in [2.45, 2.75) is 13.8 Å². The third kappa shape index (κ3) is 5.25. The normalized spacial score (nSPS) is 10.6. The molecule has 0 atom stereocenters. The van der Waals surface area contributed by atoms with E-state index in [2.05, 4.69) is 41.8 Å². The second kappa shape index (κ2) is 7.79. The standard InChI is InChI=1S/C13H19N3OS/c1-10-4-5-12(11(2)8-10)9-15-16-13(18)14-6-7-17-3/h4-5,8-9H,6-7H2,1-3H3,(H2,14,16,18). The first-order valence-corrected chi connectivity index (χ1v) is 6.17. The number of ether oxygens (including phenoxy) is 1. The molecule has 1 rings (SSSR count). The van der Waals surface area contributed by atoms with Gasteiger partial charge in [-0.05, 0) is 37.2 Å². The molecular formula is C13H19N3OS. The van der Waals surface area contributed by atoms with Crippen molar-refractivity contribution in [2.75, 3.05) is 20.3 Å². The number of nitrogens with zero attached hydrogens (tertiary/aromatic N) is 1. The zero-order valence-electron chi connectivity index (χ0n) is 11.0. The van der Waals surface area contributed by atoms with Crippen molar-refractivity contribution < 1.29 is 4.74 Å². The average molecular weight is 265 g/mol. The molecule has 0 saturated heterocycles.